The second-order valence-corrected chi connectivity index (χ2v) is 7.76. The Hall–Kier alpha value is -2.58. The molecule has 1 spiro atoms. The molecule has 6 nitrogen and oxygen atoms in total. The summed E-state index contributed by atoms with van der Waals surface area (Å²) in [5.41, 5.74) is -0.210. The van der Waals surface area contributed by atoms with Crippen molar-refractivity contribution in [2.75, 3.05) is 18.6 Å². The summed E-state index contributed by atoms with van der Waals surface area (Å²) in [5, 5.41) is 3.54. The van der Waals surface area contributed by atoms with E-state index >= 15 is 0 Å². The van der Waals surface area contributed by atoms with Gasteiger partial charge in [0.05, 0.1) is 24.2 Å². The number of methoxy groups -OCH3 is 1. The number of nitrogens with zero attached hydrogens (tertiary/aromatic N) is 3. The van der Waals surface area contributed by atoms with E-state index < -0.39 is 17.5 Å². The molecule has 29 heavy (non-hydrogen) atoms. The number of amides is 1. The number of carbonyl (C=O) groups excluding carboxylic acids is 1. The molecule has 1 saturated heterocycles. The third kappa shape index (κ3) is 3.36. The van der Waals surface area contributed by atoms with E-state index in [2.05, 4.69) is 15.3 Å². The Balaban J connectivity index is 1.90. The minimum absolute atomic E-state index is 0.118. The van der Waals surface area contributed by atoms with Gasteiger partial charge in [0.15, 0.2) is 0 Å². The number of rotatable bonds is 3. The number of nitrogens with one attached hydrogen (secondary N) is 1. The molecule has 1 saturated carbocycles. The smallest absolute Gasteiger partial charge is 0.451 e. The summed E-state index contributed by atoms with van der Waals surface area (Å²) < 4.78 is 45.8. The fourth-order valence-electron chi connectivity index (χ4n) is 4.86. The number of hydrogen-bond donors (Lipinski definition) is 1. The Morgan fingerprint density at radius 2 is 2.00 bits per heavy atom. The maximum Gasteiger partial charge on any atom is 0.451 e. The van der Waals surface area contributed by atoms with Gasteiger partial charge < -0.3 is 15.0 Å². The van der Waals surface area contributed by atoms with E-state index in [1.165, 1.54) is 20.1 Å². The molecule has 1 aromatic heterocycles. The highest BCUT2D eigenvalue weighted by atomic mass is 19.4. The summed E-state index contributed by atoms with van der Waals surface area (Å²) in [6, 6.07) is 4.68. The SMILES string of the molecule is COc1ccc2nc(C(F)(F)F)nc(N3CCC(NC(C)=O)C34CCCC4)c2c1. The molecular formula is C20H23F3N4O2. The Morgan fingerprint density at radius 3 is 2.62 bits per heavy atom. The molecular weight excluding hydrogens is 385 g/mol. The summed E-state index contributed by atoms with van der Waals surface area (Å²) in [7, 11) is 1.51. The number of ether oxygens (including phenoxy) is 1. The molecule has 1 aliphatic heterocycles. The highest BCUT2D eigenvalue weighted by molar-refractivity contribution is 5.91. The number of carbonyl (C=O) groups is 1. The Kier molecular flexibility index (Phi) is 4.78. The van der Waals surface area contributed by atoms with Crippen LogP contribution in [0, 0.1) is 0 Å². The highest BCUT2D eigenvalue weighted by Gasteiger charge is 2.52. The average molecular weight is 408 g/mol. The van der Waals surface area contributed by atoms with Crippen molar-refractivity contribution >= 4 is 22.6 Å². The number of anilines is 1. The molecule has 156 valence electrons. The Morgan fingerprint density at radius 1 is 1.28 bits per heavy atom. The number of hydrogen-bond acceptors (Lipinski definition) is 5. The minimum Gasteiger partial charge on any atom is -0.497 e. The predicted octanol–water partition coefficient (Wildman–Crippen LogP) is 3.68. The van der Waals surface area contributed by atoms with Gasteiger partial charge in [-0.25, -0.2) is 9.97 Å². The normalized spacial score (nSPS) is 21.1. The van der Waals surface area contributed by atoms with Crippen molar-refractivity contribution in [3.63, 3.8) is 0 Å². The van der Waals surface area contributed by atoms with Crippen LogP contribution in [0.4, 0.5) is 19.0 Å². The average Bonchev–Trinajstić information content (AvgIpc) is 3.28. The van der Waals surface area contributed by atoms with Gasteiger partial charge in [0.25, 0.3) is 0 Å². The van der Waals surface area contributed by atoms with Crippen LogP contribution in [0.25, 0.3) is 10.9 Å². The van der Waals surface area contributed by atoms with E-state index in [9.17, 15) is 18.0 Å². The van der Waals surface area contributed by atoms with Crippen LogP contribution in [-0.2, 0) is 11.0 Å². The number of benzene rings is 1. The monoisotopic (exact) mass is 408 g/mol. The molecule has 4 rings (SSSR count). The molecule has 2 fully saturated rings. The zero-order valence-electron chi connectivity index (χ0n) is 16.3. The summed E-state index contributed by atoms with van der Waals surface area (Å²) in [5.74, 6) is -0.495. The molecule has 1 aliphatic carbocycles. The molecule has 1 unspecified atom stereocenters. The van der Waals surface area contributed by atoms with Crippen molar-refractivity contribution in [2.24, 2.45) is 0 Å². The van der Waals surface area contributed by atoms with Crippen LogP contribution in [0.3, 0.4) is 0 Å². The summed E-state index contributed by atoms with van der Waals surface area (Å²) in [6.07, 6.45) is -0.460. The van der Waals surface area contributed by atoms with Gasteiger partial charge in [0, 0.05) is 18.9 Å². The van der Waals surface area contributed by atoms with Crippen LogP contribution in [0.15, 0.2) is 18.2 Å². The van der Waals surface area contributed by atoms with Crippen LogP contribution >= 0.6 is 0 Å². The van der Waals surface area contributed by atoms with Crippen molar-refractivity contribution < 1.29 is 22.7 Å². The van der Waals surface area contributed by atoms with Gasteiger partial charge in [0.2, 0.25) is 11.7 Å². The van der Waals surface area contributed by atoms with Crippen LogP contribution in [-0.4, -0.2) is 41.1 Å². The molecule has 0 bridgehead atoms. The van der Waals surface area contributed by atoms with Crippen molar-refractivity contribution in [1.82, 2.24) is 15.3 Å². The van der Waals surface area contributed by atoms with E-state index in [-0.39, 0.29) is 23.3 Å². The van der Waals surface area contributed by atoms with Crippen molar-refractivity contribution in [2.45, 2.75) is 56.8 Å². The molecule has 1 atom stereocenters. The van der Waals surface area contributed by atoms with E-state index in [0.29, 0.717) is 24.1 Å². The minimum atomic E-state index is -4.65. The lowest BCUT2D eigenvalue weighted by Gasteiger charge is -2.40. The maximum atomic E-state index is 13.5. The molecule has 2 aromatic rings. The summed E-state index contributed by atoms with van der Waals surface area (Å²) >= 11 is 0. The quantitative estimate of drug-likeness (QED) is 0.839. The van der Waals surface area contributed by atoms with Crippen molar-refractivity contribution in [3.05, 3.63) is 24.0 Å². The molecule has 1 N–H and O–H groups in total. The zero-order valence-corrected chi connectivity index (χ0v) is 16.3. The summed E-state index contributed by atoms with van der Waals surface area (Å²) in [6.45, 7) is 1.99. The van der Waals surface area contributed by atoms with Gasteiger partial charge in [-0.15, -0.1) is 0 Å². The van der Waals surface area contributed by atoms with E-state index in [0.717, 1.165) is 25.7 Å². The van der Waals surface area contributed by atoms with Gasteiger partial charge in [-0.05, 0) is 37.5 Å². The van der Waals surface area contributed by atoms with Gasteiger partial charge in [-0.2, -0.15) is 13.2 Å². The second-order valence-electron chi connectivity index (χ2n) is 7.76. The first-order valence-corrected chi connectivity index (χ1v) is 9.72. The first kappa shape index (κ1) is 19.7. The predicted molar refractivity (Wildman–Crippen MR) is 102 cm³/mol. The topological polar surface area (TPSA) is 67.4 Å². The van der Waals surface area contributed by atoms with Crippen LogP contribution in [0.2, 0.25) is 0 Å². The second kappa shape index (κ2) is 7.03. The van der Waals surface area contributed by atoms with E-state index in [4.69, 9.17) is 4.74 Å². The molecule has 9 heteroatoms. The third-order valence-corrected chi connectivity index (χ3v) is 6.07. The maximum absolute atomic E-state index is 13.5. The van der Waals surface area contributed by atoms with Crippen LogP contribution < -0.4 is 15.0 Å². The number of halogens is 3. The highest BCUT2D eigenvalue weighted by Crippen LogP contribution is 2.47. The standard InChI is InChI=1S/C20H23F3N4O2/c1-12(28)24-16-7-10-27(19(16)8-3-4-9-19)17-14-11-13(29-2)5-6-15(14)25-18(26-17)20(21,22)23/h5-6,11,16H,3-4,7-10H2,1-2H3,(H,24,28). The Labute approximate surface area is 166 Å². The first-order valence-electron chi connectivity index (χ1n) is 9.72. The molecule has 2 heterocycles. The van der Waals surface area contributed by atoms with Gasteiger partial charge in [0.1, 0.15) is 11.6 Å². The summed E-state index contributed by atoms with van der Waals surface area (Å²) in [4.78, 5) is 21.4. The van der Waals surface area contributed by atoms with Crippen LogP contribution in [0.5, 0.6) is 5.75 Å². The molecule has 2 aliphatic rings. The lowest BCUT2D eigenvalue weighted by molar-refractivity contribution is -0.144. The lowest BCUT2D eigenvalue weighted by Crippen LogP contribution is -2.55. The molecule has 1 aromatic carbocycles. The molecule has 1 amide bonds. The fraction of sp³-hybridized carbons (Fsp3) is 0.550. The zero-order chi connectivity index (χ0) is 20.8. The number of alkyl halides is 3. The molecule has 0 radical (unpaired) electrons. The fourth-order valence-corrected chi connectivity index (χ4v) is 4.86. The van der Waals surface area contributed by atoms with Crippen molar-refractivity contribution in [1.29, 1.82) is 0 Å². The largest absolute Gasteiger partial charge is 0.497 e. The lowest BCUT2D eigenvalue weighted by atomic mass is 9.88. The Bertz CT molecular complexity index is 941. The number of aromatic nitrogens is 2. The van der Waals surface area contributed by atoms with Gasteiger partial charge in [-0.3, -0.25) is 4.79 Å². The van der Waals surface area contributed by atoms with Gasteiger partial charge >= 0.3 is 6.18 Å². The van der Waals surface area contributed by atoms with E-state index in [1.54, 1.807) is 12.1 Å². The first-order chi connectivity index (χ1) is 13.7. The van der Waals surface area contributed by atoms with E-state index in [1.807, 2.05) is 4.90 Å². The van der Waals surface area contributed by atoms with Gasteiger partial charge in [-0.1, -0.05) is 12.8 Å². The third-order valence-electron chi connectivity index (χ3n) is 6.07. The van der Waals surface area contributed by atoms with Crippen LogP contribution in [0.1, 0.15) is 44.9 Å². The van der Waals surface area contributed by atoms with Crippen molar-refractivity contribution in [3.8, 4) is 5.75 Å². The number of fused-ring (bicyclic) bond motifs is 1.